The molecular weight excluding hydrogens is 228 g/mol. The number of nitrogens with one attached hydrogen (secondary N) is 1. The number of para-hydroxylation sites is 1. The molecule has 0 fully saturated rings. The third kappa shape index (κ3) is 1.47. The minimum Gasteiger partial charge on any atom is -0.267 e. The van der Waals surface area contributed by atoms with Gasteiger partial charge in [0, 0.05) is 5.70 Å². The molecule has 16 heavy (non-hydrogen) atoms. The van der Waals surface area contributed by atoms with Gasteiger partial charge in [0.15, 0.2) is 0 Å². The molecule has 0 aliphatic carbocycles. The first-order valence-corrected chi connectivity index (χ1v) is 5.99. The summed E-state index contributed by atoms with van der Waals surface area (Å²) in [5, 5.41) is 0. The highest BCUT2D eigenvalue weighted by atomic mass is 32.2. The molecule has 1 aliphatic heterocycles. The first-order valence-electron chi connectivity index (χ1n) is 4.55. The van der Waals surface area contributed by atoms with Gasteiger partial charge in [-0.05, 0) is 19.1 Å². The molecule has 1 aromatic rings. The van der Waals surface area contributed by atoms with Crippen molar-refractivity contribution in [2.75, 3.05) is 4.72 Å². The predicted molar refractivity (Wildman–Crippen MR) is 60.0 cm³/mol. The maximum atomic E-state index is 11.9. The van der Waals surface area contributed by atoms with Crippen LogP contribution in [0.4, 0.5) is 5.69 Å². The predicted octanol–water partition coefficient (Wildman–Crippen LogP) is 1.33. The Balaban J connectivity index is 2.65. The molecule has 1 aliphatic rings. The van der Waals surface area contributed by atoms with Crippen LogP contribution in [0.15, 0.2) is 36.5 Å². The van der Waals surface area contributed by atoms with Crippen molar-refractivity contribution in [2.24, 2.45) is 0 Å². The first kappa shape index (κ1) is 10.7. The lowest BCUT2D eigenvalue weighted by Crippen LogP contribution is -2.43. The summed E-state index contributed by atoms with van der Waals surface area (Å²) in [6, 6.07) is 6.44. The minimum atomic E-state index is -3.85. The fourth-order valence-electron chi connectivity index (χ4n) is 1.54. The number of benzene rings is 1. The first-order chi connectivity index (χ1) is 7.43. The summed E-state index contributed by atoms with van der Waals surface area (Å²) < 4.78 is 26.4. The molecule has 1 amide bonds. The van der Waals surface area contributed by atoms with Crippen LogP contribution in [0.2, 0.25) is 0 Å². The Hall–Kier alpha value is -1.82. The highest BCUT2D eigenvalue weighted by Gasteiger charge is 2.35. The number of allylic oxidation sites excluding steroid dienone is 1. The summed E-state index contributed by atoms with van der Waals surface area (Å²) in [4.78, 5) is 11.9. The Morgan fingerprint density at radius 2 is 2.00 bits per heavy atom. The molecule has 0 unspecified atom stereocenters. The van der Waals surface area contributed by atoms with Gasteiger partial charge in [0.05, 0.1) is 11.3 Å². The molecule has 0 atom stereocenters. The van der Waals surface area contributed by atoms with E-state index in [1.54, 1.807) is 24.3 Å². The van der Waals surface area contributed by atoms with Crippen LogP contribution in [0.1, 0.15) is 17.3 Å². The topological polar surface area (TPSA) is 66.5 Å². The van der Waals surface area contributed by atoms with Gasteiger partial charge in [-0.3, -0.25) is 9.52 Å². The lowest BCUT2D eigenvalue weighted by atomic mass is 10.1. The fourth-order valence-corrected chi connectivity index (χ4v) is 2.81. The molecule has 6 heteroatoms. The third-order valence-corrected chi connectivity index (χ3v) is 3.60. The molecular formula is C10H10N2O3S. The van der Waals surface area contributed by atoms with Gasteiger partial charge in [0.1, 0.15) is 0 Å². The van der Waals surface area contributed by atoms with E-state index in [9.17, 15) is 13.2 Å². The summed E-state index contributed by atoms with van der Waals surface area (Å²) in [6.45, 7) is 4.95. The largest absolute Gasteiger partial charge is 0.330 e. The van der Waals surface area contributed by atoms with Crippen LogP contribution in [0, 0.1) is 0 Å². The Labute approximate surface area is 93.6 Å². The summed E-state index contributed by atoms with van der Waals surface area (Å²) in [7, 11) is -3.85. The average molecular weight is 238 g/mol. The van der Waals surface area contributed by atoms with Crippen molar-refractivity contribution >= 4 is 21.8 Å². The van der Waals surface area contributed by atoms with Crippen LogP contribution in [0.5, 0.6) is 0 Å². The monoisotopic (exact) mass is 238 g/mol. The number of rotatable bonds is 1. The standard InChI is InChI=1S/C10H10N2O3S/c1-7(2)12-10(13)8-5-3-4-6-9(8)11-16(12,14)15/h3-6,11H,1H2,2H3. The lowest BCUT2D eigenvalue weighted by Gasteiger charge is -2.28. The second-order valence-corrected chi connectivity index (χ2v) is 4.98. The molecule has 0 spiro atoms. The molecule has 84 valence electrons. The van der Waals surface area contributed by atoms with Gasteiger partial charge in [-0.15, -0.1) is 0 Å². The molecule has 0 aromatic heterocycles. The van der Waals surface area contributed by atoms with E-state index in [1.165, 1.54) is 6.92 Å². The second-order valence-electron chi connectivity index (χ2n) is 3.46. The van der Waals surface area contributed by atoms with E-state index in [-0.39, 0.29) is 5.70 Å². The summed E-state index contributed by atoms with van der Waals surface area (Å²) in [5.41, 5.74) is 0.775. The van der Waals surface area contributed by atoms with Crippen molar-refractivity contribution in [1.29, 1.82) is 0 Å². The maximum absolute atomic E-state index is 11.9. The lowest BCUT2D eigenvalue weighted by molar-refractivity contribution is 0.0888. The second kappa shape index (κ2) is 3.34. The Bertz CT molecular complexity index is 577. The van der Waals surface area contributed by atoms with E-state index in [4.69, 9.17) is 0 Å². The zero-order valence-electron chi connectivity index (χ0n) is 8.60. The van der Waals surface area contributed by atoms with Gasteiger partial charge >= 0.3 is 10.2 Å². The van der Waals surface area contributed by atoms with E-state index in [0.29, 0.717) is 15.6 Å². The van der Waals surface area contributed by atoms with Gasteiger partial charge in [-0.1, -0.05) is 18.7 Å². The fraction of sp³-hybridized carbons (Fsp3) is 0.100. The summed E-state index contributed by atoms with van der Waals surface area (Å²) >= 11 is 0. The zero-order valence-corrected chi connectivity index (χ0v) is 9.41. The number of hydrogen-bond acceptors (Lipinski definition) is 3. The van der Waals surface area contributed by atoms with Crippen molar-refractivity contribution in [1.82, 2.24) is 4.31 Å². The van der Waals surface area contributed by atoms with E-state index < -0.39 is 16.1 Å². The molecule has 1 aromatic carbocycles. The highest BCUT2D eigenvalue weighted by Crippen LogP contribution is 2.27. The number of hydrogen-bond donors (Lipinski definition) is 1. The zero-order chi connectivity index (χ0) is 11.9. The Morgan fingerprint density at radius 1 is 1.38 bits per heavy atom. The Morgan fingerprint density at radius 3 is 2.62 bits per heavy atom. The number of fused-ring (bicyclic) bond motifs is 1. The molecule has 5 nitrogen and oxygen atoms in total. The summed E-state index contributed by atoms with van der Waals surface area (Å²) in [6.07, 6.45) is 0. The van der Waals surface area contributed by atoms with Crippen molar-refractivity contribution in [3.05, 3.63) is 42.1 Å². The molecule has 0 radical (unpaired) electrons. The van der Waals surface area contributed by atoms with Crippen LogP contribution >= 0.6 is 0 Å². The quantitative estimate of drug-likeness (QED) is 0.802. The number of carbonyl (C=O) groups excluding carboxylic acids is 1. The highest BCUT2D eigenvalue weighted by molar-refractivity contribution is 7.91. The number of carbonyl (C=O) groups is 1. The van der Waals surface area contributed by atoms with E-state index in [2.05, 4.69) is 11.3 Å². The van der Waals surface area contributed by atoms with Gasteiger partial charge in [-0.2, -0.15) is 12.7 Å². The van der Waals surface area contributed by atoms with E-state index in [0.717, 1.165) is 0 Å². The summed E-state index contributed by atoms with van der Waals surface area (Å²) in [5.74, 6) is -0.582. The van der Waals surface area contributed by atoms with E-state index >= 15 is 0 Å². The van der Waals surface area contributed by atoms with Crippen LogP contribution in [0.3, 0.4) is 0 Å². The van der Waals surface area contributed by atoms with Gasteiger partial charge in [0.2, 0.25) is 0 Å². The van der Waals surface area contributed by atoms with Gasteiger partial charge < -0.3 is 0 Å². The molecule has 2 rings (SSSR count). The molecule has 0 bridgehead atoms. The number of nitrogens with zero attached hydrogens (tertiary/aromatic N) is 1. The van der Waals surface area contributed by atoms with Gasteiger partial charge in [0.25, 0.3) is 5.91 Å². The van der Waals surface area contributed by atoms with Crippen LogP contribution in [-0.2, 0) is 10.2 Å². The molecule has 0 saturated heterocycles. The van der Waals surface area contributed by atoms with E-state index in [1.807, 2.05) is 0 Å². The van der Waals surface area contributed by atoms with Crippen molar-refractivity contribution in [3.63, 3.8) is 0 Å². The van der Waals surface area contributed by atoms with Crippen molar-refractivity contribution in [2.45, 2.75) is 6.92 Å². The molecule has 0 saturated carbocycles. The number of anilines is 1. The molecule has 1 heterocycles. The van der Waals surface area contributed by atoms with Gasteiger partial charge in [-0.25, -0.2) is 0 Å². The van der Waals surface area contributed by atoms with Crippen LogP contribution < -0.4 is 4.72 Å². The van der Waals surface area contributed by atoms with Crippen LogP contribution in [0.25, 0.3) is 0 Å². The van der Waals surface area contributed by atoms with Crippen molar-refractivity contribution < 1.29 is 13.2 Å². The average Bonchev–Trinajstić information content (AvgIpc) is 2.15. The minimum absolute atomic E-state index is 0.159. The van der Waals surface area contributed by atoms with Crippen molar-refractivity contribution in [3.8, 4) is 0 Å². The maximum Gasteiger partial charge on any atom is 0.330 e. The molecule has 1 N–H and O–H groups in total. The Kier molecular flexibility index (Phi) is 2.23. The third-order valence-electron chi connectivity index (χ3n) is 2.17. The smallest absolute Gasteiger partial charge is 0.267 e. The van der Waals surface area contributed by atoms with Crippen LogP contribution in [-0.4, -0.2) is 18.6 Å². The normalized spacial score (nSPS) is 17.6. The number of amides is 1. The SMILES string of the molecule is C=C(C)N1C(=O)c2ccccc2NS1(=O)=O.